The standard InChI is InChI=1S/C16H17FN2O5S2/c17-10-4-1-2-5-11(10)19-12-8-26(23,24)9-13(12)25-16(19)18-14(20)6-3-7-15(21)22/h1-2,4-5,12-13H,3,6-9H2,(H,21,22)/t12-,13-/m1/s1. The molecular formula is C16H17FN2O5S2. The van der Waals surface area contributed by atoms with Gasteiger partial charge in [0.1, 0.15) is 5.82 Å². The number of para-hydroxylation sites is 1. The Kier molecular flexibility index (Phi) is 5.33. The van der Waals surface area contributed by atoms with Gasteiger partial charge in [0.05, 0.1) is 23.2 Å². The predicted octanol–water partition coefficient (Wildman–Crippen LogP) is 1.68. The van der Waals surface area contributed by atoms with Crippen molar-refractivity contribution >= 4 is 44.3 Å². The molecule has 1 amide bonds. The first-order chi connectivity index (χ1) is 12.3. The van der Waals surface area contributed by atoms with E-state index in [4.69, 9.17) is 5.11 Å². The molecule has 0 aromatic heterocycles. The van der Waals surface area contributed by atoms with Gasteiger partial charge in [0.15, 0.2) is 15.0 Å². The highest BCUT2D eigenvalue weighted by atomic mass is 32.2. The molecule has 0 bridgehead atoms. The highest BCUT2D eigenvalue weighted by Crippen LogP contribution is 2.41. The van der Waals surface area contributed by atoms with Crippen molar-refractivity contribution in [1.82, 2.24) is 0 Å². The van der Waals surface area contributed by atoms with E-state index in [1.807, 2.05) is 0 Å². The number of benzene rings is 1. The van der Waals surface area contributed by atoms with Crippen LogP contribution in [-0.2, 0) is 19.4 Å². The Morgan fingerprint density at radius 3 is 2.69 bits per heavy atom. The number of thioether (sulfide) groups is 1. The van der Waals surface area contributed by atoms with Gasteiger partial charge in [-0.3, -0.25) is 9.59 Å². The third-order valence-electron chi connectivity index (χ3n) is 4.18. The molecule has 2 aliphatic heterocycles. The number of anilines is 1. The molecule has 140 valence electrons. The maximum absolute atomic E-state index is 14.3. The molecule has 1 aromatic rings. The zero-order chi connectivity index (χ0) is 18.9. The Labute approximate surface area is 154 Å². The number of aliphatic carboxylic acids is 1. The molecule has 26 heavy (non-hydrogen) atoms. The summed E-state index contributed by atoms with van der Waals surface area (Å²) in [5.41, 5.74) is 0.182. The van der Waals surface area contributed by atoms with Crippen LogP contribution in [0.15, 0.2) is 29.3 Å². The maximum Gasteiger partial charge on any atom is 0.303 e. The minimum atomic E-state index is -3.23. The van der Waals surface area contributed by atoms with E-state index in [0.29, 0.717) is 0 Å². The van der Waals surface area contributed by atoms with Gasteiger partial charge in [-0.15, -0.1) is 0 Å². The third-order valence-corrected chi connectivity index (χ3v) is 7.39. The molecule has 10 heteroatoms. The molecule has 2 fully saturated rings. The highest BCUT2D eigenvalue weighted by molar-refractivity contribution is 8.16. The van der Waals surface area contributed by atoms with Gasteiger partial charge in [-0.05, 0) is 18.6 Å². The number of carbonyl (C=O) groups is 2. The number of amidine groups is 1. The van der Waals surface area contributed by atoms with Gasteiger partial charge in [0.2, 0.25) is 5.91 Å². The number of hydrogen-bond donors (Lipinski definition) is 1. The minimum absolute atomic E-state index is 0.0326. The zero-order valence-electron chi connectivity index (χ0n) is 13.7. The van der Waals surface area contributed by atoms with Crippen LogP contribution < -0.4 is 4.90 Å². The molecule has 3 rings (SSSR count). The van der Waals surface area contributed by atoms with E-state index >= 15 is 0 Å². The monoisotopic (exact) mass is 400 g/mol. The van der Waals surface area contributed by atoms with Gasteiger partial charge in [-0.1, -0.05) is 23.9 Å². The predicted molar refractivity (Wildman–Crippen MR) is 96.6 cm³/mol. The summed E-state index contributed by atoms with van der Waals surface area (Å²) in [6, 6.07) is 5.47. The fraction of sp³-hybridized carbons (Fsp3) is 0.438. The Bertz CT molecular complexity index is 871. The summed E-state index contributed by atoms with van der Waals surface area (Å²) in [7, 11) is -3.23. The van der Waals surface area contributed by atoms with Gasteiger partial charge < -0.3 is 10.0 Å². The first-order valence-corrected chi connectivity index (χ1v) is 10.7. The largest absolute Gasteiger partial charge is 0.481 e. The number of carbonyl (C=O) groups excluding carboxylic acids is 1. The summed E-state index contributed by atoms with van der Waals surface area (Å²) in [5.74, 6) is -2.18. The van der Waals surface area contributed by atoms with Gasteiger partial charge in [-0.2, -0.15) is 4.99 Å². The van der Waals surface area contributed by atoms with Gasteiger partial charge in [0, 0.05) is 18.1 Å². The number of nitrogens with zero attached hydrogens (tertiary/aromatic N) is 2. The quantitative estimate of drug-likeness (QED) is 0.802. The molecule has 7 nitrogen and oxygen atoms in total. The fourth-order valence-electron chi connectivity index (χ4n) is 3.05. The second kappa shape index (κ2) is 7.36. The first kappa shape index (κ1) is 18.8. The van der Waals surface area contributed by atoms with Crippen LogP contribution in [0.25, 0.3) is 0 Å². The molecule has 0 spiro atoms. The smallest absolute Gasteiger partial charge is 0.303 e. The van der Waals surface area contributed by atoms with Crippen molar-refractivity contribution in [2.45, 2.75) is 30.6 Å². The molecule has 1 aromatic carbocycles. The second-order valence-corrected chi connectivity index (χ2v) is 9.52. The Balaban J connectivity index is 1.87. The zero-order valence-corrected chi connectivity index (χ0v) is 15.3. The number of aliphatic imine (C=N–C) groups is 1. The van der Waals surface area contributed by atoms with Crippen LogP contribution in [0.5, 0.6) is 0 Å². The molecule has 2 aliphatic rings. The summed E-state index contributed by atoms with van der Waals surface area (Å²) in [5, 5.41) is 8.58. The molecule has 0 radical (unpaired) electrons. The van der Waals surface area contributed by atoms with E-state index in [1.54, 1.807) is 6.07 Å². The van der Waals surface area contributed by atoms with Gasteiger partial charge >= 0.3 is 5.97 Å². The molecule has 2 atom stereocenters. The summed E-state index contributed by atoms with van der Waals surface area (Å²) in [6.07, 6.45) is -0.00406. The van der Waals surface area contributed by atoms with Crippen molar-refractivity contribution in [3.63, 3.8) is 0 Å². The van der Waals surface area contributed by atoms with Gasteiger partial charge in [0.25, 0.3) is 0 Å². The van der Waals surface area contributed by atoms with Crippen molar-refractivity contribution in [3.8, 4) is 0 Å². The number of carboxylic acid groups (broad SMARTS) is 1. The van der Waals surface area contributed by atoms with Gasteiger partial charge in [-0.25, -0.2) is 12.8 Å². The fourth-order valence-corrected chi connectivity index (χ4v) is 6.97. The maximum atomic E-state index is 14.3. The van der Waals surface area contributed by atoms with Crippen LogP contribution in [0, 0.1) is 5.82 Å². The van der Waals surface area contributed by atoms with E-state index in [-0.39, 0.29) is 46.9 Å². The van der Waals surface area contributed by atoms with Crippen LogP contribution in [-0.4, -0.2) is 53.4 Å². The highest BCUT2D eigenvalue weighted by Gasteiger charge is 2.49. The summed E-state index contributed by atoms with van der Waals surface area (Å²) < 4.78 is 38.2. The summed E-state index contributed by atoms with van der Waals surface area (Å²) >= 11 is 1.16. The minimum Gasteiger partial charge on any atom is -0.481 e. The number of fused-ring (bicyclic) bond motifs is 1. The average Bonchev–Trinajstić information content (AvgIpc) is 2.98. The summed E-state index contributed by atoms with van der Waals surface area (Å²) in [4.78, 5) is 28.1. The molecule has 2 heterocycles. The van der Waals surface area contributed by atoms with Crippen LogP contribution in [0.4, 0.5) is 10.1 Å². The molecular weight excluding hydrogens is 383 g/mol. The Morgan fingerprint density at radius 2 is 2.00 bits per heavy atom. The molecule has 2 saturated heterocycles. The van der Waals surface area contributed by atoms with E-state index in [0.717, 1.165) is 11.8 Å². The van der Waals surface area contributed by atoms with Crippen molar-refractivity contribution < 1.29 is 27.5 Å². The second-order valence-electron chi connectivity index (χ2n) is 6.16. The number of amides is 1. The normalized spacial score (nSPS) is 25.4. The molecule has 0 saturated carbocycles. The van der Waals surface area contributed by atoms with Crippen LogP contribution in [0.3, 0.4) is 0 Å². The van der Waals surface area contributed by atoms with E-state index in [1.165, 1.54) is 23.1 Å². The number of carboxylic acids is 1. The SMILES string of the molecule is O=C(O)CCCC(=O)N=C1S[C@@H]2CS(=O)(=O)C[C@H]2N1c1ccccc1F. The van der Waals surface area contributed by atoms with Crippen molar-refractivity contribution in [1.29, 1.82) is 0 Å². The van der Waals surface area contributed by atoms with Crippen LogP contribution in [0.1, 0.15) is 19.3 Å². The van der Waals surface area contributed by atoms with Crippen molar-refractivity contribution in [2.24, 2.45) is 4.99 Å². The Hall–Kier alpha value is -1.94. The molecule has 0 aliphatic carbocycles. The third kappa shape index (κ3) is 4.07. The number of rotatable bonds is 5. The average molecular weight is 400 g/mol. The Morgan fingerprint density at radius 1 is 1.27 bits per heavy atom. The van der Waals surface area contributed by atoms with Crippen molar-refractivity contribution in [2.75, 3.05) is 16.4 Å². The van der Waals surface area contributed by atoms with E-state index in [2.05, 4.69) is 4.99 Å². The number of hydrogen-bond acceptors (Lipinski definition) is 5. The lowest BCUT2D eigenvalue weighted by atomic mass is 10.2. The van der Waals surface area contributed by atoms with E-state index in [9.17, 15) is 22.4 Å². The van der Waals surface area contributed by atoms with Crippen LogP contribution >= 0.6 is 11.8 Å². The summed E-state index contributed by atoms with van der Waals surface area (Å²) in [6.45, 7) is 0. The van der Waals surface area contributed by atoms with E-state index < -0.39 is 33.6 Å². The lowest BCUT2D eigenvalue weighted by Crippen LogP contribution is -2.38. The van der Waals surface area contributed by atoms with Crippen molar-refractivity contribution in [3.05, 3.63) is 30.1 Å². The lowest BCUT2D eigenvalue weighted by molar-refractivity contribution is -0.137. The first-order valence-electron chi connectivity index (χ1n) is 8.01. The molecule has 0 unspecified atom stereocenters. The lowest BCUT2D eigenvalue weighted by Gasteiger charge is -2.24. The topological polar surface area (TPSA) is 104 Å². The van der Waals surface area contributed by atoms with Crippen LogP contribution in [0.2, 0.25) is 0 Å². The number of halogens is 1. The molecule has 1 N–H and O–H groups in total. The number of sulfone groups is 1.